The summed E-state index contributed by atoms with van der Waals surface area (Å²) in [7, 11) is 0. The van der Waals surface area contributed by atoms with Gasteiger partial charge in [0.05, 0.1) is 11.7 Å². The molecule has 4 aromatic rings. The molecule has 0 saturated carbocycles. The van der Waals surface area contributed by atoms with Gasteiger partial charge in [0.1, 0.15) is 0 Å². The Balaban J connectivity index is 1.61. The van der Waals surface area contributed by atoms with E-state index in [9.17, 15) is 4.39 Å². The van der Waals surface area contributed by atoms with E-state index in [0.29, 0.717) is 0 Å². The first kappa shape index (κ1) is 13.3. The van der Waals surface area contributed by atoms with E-state index in [1.165, 1.54) is 12.1 Å². The number of pyridine rings is 1. The van der Waals surface area contributed by atoms with Gasteiger partial charge in [-0.3, -0.25) is 0 Å². The highest BCUT2D eigenvalue weighted by Crippen LogP contribution is 2.23. The molecule has 23 heavy (non-hydrogen) atoms. The van der Waals surface area contributed by atoms with Crippen molar-refractivity contribution in [3.63, 3.8) is 0 Å². The van der Waals surface area contributed by atoms with E-state index in [-0.39, 0.29) is 11.8 Å². The third kappa shape index (κ3) is 2.59. The summed E-state index contributed by atoms with van der Waals surface area (Å²) in [5, 5.41) is 7.73. The highest BCUT2D eigenvalue weighted by Gasteiger charge is 2.07. The molecule has 0 aliphatic rings. The summed E-state index contributed by atoms with van der Waals surface area (Å²) in [6.07, 6.45) is 6.72. The molecule has 0 aliphatic heterocycles. The Morgan fingerprint density at radius 1 is 0.957 bits per heavy atom. The second-order valence-corrected chi connectivity index (χ2v) is 4.81. The molecule has 112 valence electrons. The van der Waals surface area contributed by atoms with Crippen LogP contribution < -0.4 is 4.74 Å². The van der Waals surface area contributed by atoms with Gasteiger partial charge in [-0.1, -0.05) is 17.3 Å². The zero-order valence-corrected chi connectivity index (χ0v) is 11.8. The third-order valence-electron chi connectivity index (χ3n) is 3.30. The largest absolute Gasteiger partial charge is 0.421 e. The van der Waals surface area contributed by atoms with Gasteiger partial charge >= 0.3 is 6.01 Å². The highest BCUT2D eigenvalue weighted by atomic mass is 19.1. The molecule has 0 bridgehead atoms. The lowest BCUT2D eigenvalue weighted by Crippen LogP contribution is -1.94. The Labute approximate surface area is 130 Å². The maximum Gasteiger partial charge on any atom is 0.321 e. The molecule has 3 aromatic heterocycles. The number of ether oxygens (including phenoxy) is 1. The van der Waals surface area contributed by atoms with Crippen molar-refractivity contribution in [2.24, 2.45) is 0 Å². The van der Waals surface area contributed by atoms with Gasteiger partial charge in [-0.15, -0.1) is 5.10 Å². The van der Waals surface area contributed by atoms with Crippen LogP contribution in [0.15, 0.2) is 61.2 Å². The van der Waals surface area contributed by atoms with Crippen molar-refractivity contribution >= 4 is 5.52 Å². The van der Waals surface area contributed by atoms with Crippen LogP contribution in [0, 0.1) is 5.82 Å². The van der Waals surface area contributed by atoms with Crippen molar-refractivity contribution in [3.8, 4) is 22.9 Å². The van der Waals surface area contributed by atoms with Crippen LogP contribution in [-0.4, -0.2) is 24.8 Å². The summed E-state index contributed by atoms with van der Waals surface area (Å²) < 4.78 is 20.5. The zero-order valence-electron chi connectivity index (χ0n) is 11.8. The molecule has 3 heterocycles. The van der Waals surface area contributed by atoms with Gasteiger partial charge in [-0.2, -0.15) is 0 Å². The van der Waals surface area contributed by atoms with Gasteiger partial charge in [-0.05, 0) is 29.8 Å². The molecule has 0 amide bonds. The Bertz CT molecular complexity index is 968. The SMILES string of the molecule is Fc1ccccc1Oc1ncc(-c2ccn3nncc3c2)cn1. The van der Waals surface area contributed by atoms with Crippen molar-refractivity contribution in [2.75, 3.05) is 0 Å². The van der Waals surface area contributed by atoms with E-state index in [0.717, 1.165) is 16.6 Å². The van der Waals surface area contributed by atoms with Crippen LogP contribution in [0.25, 0.3) is 16.6 Å². The molecule has 7 heteroatoms. The van der Waals surface area contributed by atoms with Gasteiger partial charge in [0.2, 0.25) is 0 Å². The molecule has 0 atom stereocenters. The highest BCUT2D eigenvalue weighted by molar-refractivity contribution is 5.66. The number of aromatic nitrogens is 5. The Hall–Kier alpha value is -3.35. The molecule has 0 spiro atoms. The average molecular weight is 307 g/mol. The first-order valence-corrected chi connectivity index (χ1v) is 6.84. The molecule has 6 nitrogen and oxygen atoms in total. The van der Waals surface area contributed by atoms with E-state index in [1.54, 1.807) is 41.4 Å². The number of hydrogen-bond donors (Lipinski definition) is 0. The Morgan fingerprint density at radius 3 is 2.61 bits per heavy atom. The molecule has 4 rings (SSSR count). The van der Waals surface area contributed by atoms with Crippen molar-refractivity contribution in [1.29, 1.82) is 0 Å². The van der Waals surface area contributed by atoms with E-state index < -0.39 is 5.82 Å². The minimum absolute atomic E-state index is 0.0888. The number of nitrogens with zero attached hydrogens (tertiary/aromatic N) is 5. The first-order valence-electron chi connectivity index (χ1n) is 6.84. The molecular weight excluding hydrogens is 297 g/mol. The van der Waals surface area contributed by atoms with Crippen LogP contribution in [0.3, 0.4) is 0 Å². The third-order valence-corrected chi connectivity index (χ3v) is 3.30. The van der Waals surface area contributed by atoms with Crippen molar-refractivity contribution in [1.82, 2.24) is 24.8 Å². The van der Waals surface area contributed by atoms with E-state index >= 15 is 0 Å². The van der Waals surface area contributed by atoms with Gasteiger partial charge in [-0.25, -0.2) is 18.9 Å². The number of hydrogen-bond acceptors (Lipinski definition) is 5. The van der Waals surface area contributed by atoms with Gasteiger partial charge in [0, 0.05) is 24.2 Å². The molecule has 0 saturated heterocycles. The minimum atomic E-state index is -0.459. The first-order chi connectivity index (χ1) is 11.3. The van der Waals surface area contributed by atoms with E-state index in [4.69, 9.17) is 4.74 Å². The molecule has 0 radical (unpaired) electrons. The van der Waals surface area contributed by atoms with Gasteiger partial charge < -0.3 is 4.74 Å². The topological polar surface area (TPSA) is 65.2 Å². The number of benzene rings is 1. The normalized spacial score (nSPS) is 10.8. The molecule has 0 unspecified atom stereocenters. The summed E-state index contributed by atoms with van der Waals surface area (Å²) in [4.78, 5) is 8.24. The number of rotatable bonds is 3. The van der Waals surface area contributed by atoms with Gasteiger partial charge in [0.15, 0.2) is 11.6 Å². The van der Waals surface area contributed by atoms with Gasteiger partial charge in [0.25, 0.3) is 0 Å². The number of para-hydroxylation sites is 1. The Kier molecular flexibility index (Phi) is 3.16. The lowest BCUT2D eigenvalue weighted by molar-refractivity contribution is 0.411. The molecule has 1 aromatic carbocycles. The maximum absolute atomic E-state index is 13.5. The van der Waals surface area contributed by atoms with Crippen LogP contribution in [0.4, 0.5) is 4.39 Å². The van der Waals surface area contributed by atoms with Crippen LogP contribution in [0.2, 0.25) is 0 Å². The molecule has 0 N–H and O–H groups in total. The summed E-state index contributed by atoms with van der Waals surface area (Å²) in [6, 6.07) is 10.0. The van der Waals surface area contributed by atoms with E-state index in [1.807, 2.05) is 12.1 Å². The summed E-state index contributed by atoms with van der Waals surface area (Å²) in [5.74, 6) is -0.370. The quantitative estimate of drug-likeness (QED) is 0.582. The van der Waals surface area contributed by atoms with Crippen molar-refractivity contribution in [2.45, 2.75) is 0 Å². The lowest BCUT2D eigenvalue weighted by Gasteiger charge is -2.05. The smallest absolute Gasteiger partial charge is 0.321 e. The lowest BCUT2D eigenvalue weighted by atomic mass is 10.1. The van der Waals surface area contributed by atoms with Crippen LogP contribution in [0.5, 0.6) is 11.8 Å². The van der Waals surface area contributed by atoms with Crippen LogP contribution in [-0.2, 0) is 0 Å². The second kappa shape index (κ2) is 5.45. The molecule has 0 aliphatic carbocycles. The molecule has 0 fully saturated rings. The summed E-state index contributed by atoms with van der Waals surface area (Å²) in [5.41, 5.74) is 2.61. The fourth-order valence-electron chi connectivity index (χ4n) is 2.15. The maximum atomic E-state index is 13.5. The Morgan fingerprint density at radius 2 is 1.78 bits per heavy atom. The summed E-state index contributed by atoms with van der Waals surface area (Å²) in [6.45, 7) is 0. The fraction of sp³-hybridized carbons (Fsp3) is 0. The van der Waals surface area contributed by atoms with Crippen molar-refractivity contribution < 1.29 is 9.13 Å². The molecular formula is C16H10FN5O. The van der Waals surface area contributed by atoms with Crippen LogP contribution >= 0.6 is 0 Å². The fourth-order valence-corrected chi connectivity index (χ4v) is 2.15. The second-order valence-electron chi connectivity index (χ2n) is 4.81. The predicted molar refractivity (Wildman–Crippen MR) is 80.5 cm³/mol. The zero-order chi connectivity index (χ0) is 15.6. The average Bonchev–Trinajstić information content (AvgIpc) is 3.05. The minimum Gasteiger partial charge on any atom is -0.421 e. The number of fused-ring (bicyclic) bond motifs is 1. The number of halogens is 1. The monoisotopic (exact) mass is 307 g/mol. The van der Waals surface area contributed by atoms with Crippen LogP contribution in [0.1, 0.15) is 0 Å². The van der Waals surface area contributed by atoms with E-state index in [2.05, 4.69) is 20.3 Å². The standard InChI is InChI=1S/C16H10FN5O/c17-14-3-1-2-4-15(14)23-16-18-8-12(9-19-16)11-5-6-22-13(7-11)10-20-21-22/h1-10H. The summed E-state index contributed by atoms with van der Waals surface area (Å²) >= 11 is 0. The van der Waals surface area contributed by atoms with Crippen molar-refractivity contribution in [3.05, 3.63) is 67.0 Å². The predicted octanol–water partition coefficient (Wildman–Crippen LogP) is 3.12.